The van der Waals surface area contributed by atoms with E-state index in [2.05, 4.69) is 20.9 Å². The van der Waals surface area contributed by atoms with Crippen molar-refractivity contribution in [3.63, 3.8) is 0 Å². The van der Waals surface area contributed by atoms with Crippen molar-refractivity contribution in [2.24, 2.45) is 11.1 Å². The van der Waals surface area contributed by atoms with Gasteiger partial charge in [0.25, 0.3) is 0 Å². The van der Waals surface area contributed by atoms with Gasteiger partial charge in [-0.25, -0.2) is 9.97 Å². The first kappa shape index (κ1) is 22.7. The zero-order valence-corrected chi connectivity index (χ0v) is 19.2. The Labute approximate surface area is 194 Å². The molecule has 1 amide bonds. The number of amides is 1. The van der Waals surface area contributed by atoms with Gasteiger partial charge in [-0.15, -0.1) is 0 Å². The molecule has 1 atom stereocenters. The maximum Gasteiger partial charge on any atom is 0.225 e. The van der Waals surface area contributed by atoms with Crippen LogP contribution in [0, 0.1) is 5.41 Å². The third kappa shape index (κ3) is 4.98. The van der Waals surface area contributed by atoms with E-state index in [1.165, 1.54) is 6.33 Å². The number of likely N-dealkylation sites (tertiary alicyclic amines) is 1. The summed E-state index contributed by atoms with van der Waals surface area (Å²) in [6.45, 7) is 2.23. The minimum Gasteiger partial charge on any atom is -0.493 e. The van der Waals surface area contributed by atoms with Crippen LogP contribution in [0.4, 0.5) is 0 Å². The van der Waals surface area contributed by atoms with Crippen LogP contribution in [0.5, 0.6) is 11.5 Å². The molecular formula is C26H30N4O3. The van der Waals surface area contributed by atoms with Gasteiger partial charge in [0.15, 0.2) is 11.5 Å². The molecule has 7 heteroatoms. The second-order valence-electron chi connectivity index (χ2n) is 8.61. The molecule has 2 N–H and O–H groups in total. The van der Waals surface area contributed by atoms with Gasteiger partial charge in [0.2, 0.25) is 5.91 Å². The van der Waals surface area contributed by atoms with Crippen LogP contribution in [0.15, 0.2) is 61.2 Å². The first-order chi connectivity index (χ1) is 16.0. The highest BCUT2D eigenvalue weighted by Gasteiger charge is 2.41. The fourth-order valence-electron chi connectivity index (χ4n) is 4.79. The molecular weight excluding hydrogens is 416 g/mol. The van der Waals surface area contributed by atoms with Crippen LogP contribution in [0.2, 0.25) is 0 Å². The molecule has 4 rings (SSSR count). The van der Waals surface area contributed by atoms with Gasteiger partial charge in [0, 0.05) is 31.0 Å². The van der Waals surface area contributed by atoms with Gasteiger partial charge in [0.05, 0.1) is 19.6 Å². The number of nitrogens with two attached hydrogens (primary N) is 1. The Morgan fingerprint density at radius 1 is 1.09 bits per heavy atom. The van der Waals surface area contributed by atoms with Gasteiger partial charge in [-0.05, 0) is 54.6 Å². The van der Waals surface area contributed by atoms with Gasteiger partial charge in [-0.1, -0.05) is 30.3 Å². The number of aromatic nitrogens is 2. The number of carbonyl (C=O) groups is 1. The predicted molar refractivity (Wildman–Crippen MR) is 127 cm³/mol. The smallest absolute Gasteiger partial charge is 0.225 e. The number of primary amides is 1. The molecule has 33 heavy (non-hydrogen) atoms. The Morgan fingerprint density at radius 2 is 1.85 bits per heavy atom. The topological polar surface area (TPSA) is 90.6 Å². The molecule has 7 nitrogen and oxygen atoms in total. The van der Waals surface area contributed by atoms with E-state index in [1.54, 1.807) is 26.6 Å². The summed E-state index contributed by atoms with van der Waals surface area (Å²) < 4.78 is 10.8. The number of rotatable bonds is 8. The number of piperidine rings is 1. The fraction of sp³-hybridized carbons (Fsp3) is 0.346. The fourth-order valence-corrected chi connectivity index (χ4v) is 4.79. The summed E-state index contributed by atoms with van der Waals surface area (Å²) in [5.41, 5.74) is 9.58. The van der Waals surface area contributed by atoms with Crippen LogP contribution in [0.25, 0.3) is 11.1 Å². The van der Waals surface area contributed by atoms with Crippen molar-refractivity contribution >= 4 is 5.91 Å². The van der Waals surface area contributed by atoms with Crippen molar-refractivity contribution in [2.45, 2.75) is 25.8 Å². The maximum absolute atomic E-state index is 12.8. The van der Waals surface area contributed by atoms with Crippen LogP contribution < -0.4 is 15.2 Å². The average Bonchev–Trinajstić information content (AvgIpc) is 2.85. The second kappa shape index (κ2) is 10.0. The molecule has 2 heterocycles. The lowest BCUT2D eigenvalue weighted by Gasteiger charge is -2.41. The predicted octanol–water partition coefficient (Wildman–Crippen LogP) is 3.47. The number of methoxy groups -OCH3 is 2. The molecule has 172 valence electrons. The lowest BCUT2D eigenvalue weighted by molar-refractivity contribution is -0.131. The molecule has 1 aromatic heterocycles. The quantitative estimate of drug-likeness (QED) is 0.570. The molecule has 0 saturated carbocycles. The van der Waals surface area contributed by atoms with Crippen molar-refractivity contribution in [3.05, 3.63) is 72.3 Å². The van der Waals surface area contributed by atoms with Gasteiger partial charge < -0.3 is 15.2 Å². The largest absolute Gasteiger partial charge is 0.493 e. The summed E-state index contributed by atoms with van der Waals surface area (Å²) in [4.78, 5) is 23.5. The number of carbonyl (C=O) groups excluding carboxylic acids is 1. The molecule has 1 fully saturated rings. The summed E-state index contributed by atoms with van der Waals surface area (Å²) in [5.74, 6) is 1.15. The normalized spacial score (nSPS) is 18.6. The molecule has 0 unspecified atom stereocenters. The molecule has 2 aromatic carbocycles. The molecule has 0 spiro atoms. The average molecular weight is 447 g/mol. The SMILES string of the molecule is COc1ccc(CN2CCC[C@@](Cc3ccccc3-c3cncnc3)(C(N)=O)C2)cc1OC. The van der Waals surface area contributed by atoms with E-state index >= 15 is 0 Å². The van der Waals surface area contributed by atoms with Crippen LogP contribution in [-0.2, 0) is 17.8 Å². The van der Waals surface area contributed by atoms with Crippen LogP contribution in [-0.4, -0.2) is 48.1 Å². The number of benzene rings is 2. The molecule has 1 saturated heterocycles. The van der Waals surface area contributed by atoms with Crippen molar-refractivity contribution < 1.29 is 14.3 Å². The minimum absolute atomic E-state index is 0.251. The van der Waals surface area contributed by atoms with Crippen LogP contribution >= 0.6 is 0 Å². The summed E-state index contributed by atoms with van der Waals surface area (Å²) >= 11 is 0. The highest BCUT2D eigenvalue weighted by Crippen LogP contribution is 2.37. The number of hydrogen-bond donors (Lipinski definition) is 1. The van der Waals surface area contributed by atoms with E-state index in [1.807, 2.05) is 36.4 Å². The third-order valence-electron chi connectivity index (χ3n) is 6.45. The van der Waals surface area contributed by atoms with Crippen LogP contribution in [0.1, 0.15) is 24.0 Å². The Bertz CT molecular complexity index is 1110. The first-order valence-corrected chi connectivity index (χ1v) is 11.1. The van der Waals surface area contributed by atoms with Crippen molar-refractivity contribution in [3.8, 4) is 22.6 Å². The van der Waals surface area contributed by atoms with Gasteiger partial charge in [-0.3, -0.25) is 9.69 Å². The summed E-state index contributed by atoms with van der Waals surface area (Å²) in [6.07, 6.45) is 7.37. The van der Waals surface area contributed by atoms with E-state index in [-0.39, 0.29) is 5.91 Å². The highest BCUT2D eigenvalue weighted by molar-refractivity contribution is 5.82. The van der Waals surface area contributed by atoms with E-state index in [4.69, 9.17) is 15.2 Å². The van der Waals surface area contributed by atoms with E-state index < -0.39 is 5.41 Å². The van der Waals surface area contributed by atoms with Crippen molar-refractivity contribution in [1.29, 1.82) is 0 Å². The zero-order chi connectivity index (χ0) is 23.3. The summed E-state index contributed by atoms with van der Waals surface area (Å²) in [6, 6.07) is 14.1. The third-order valence-corrected chi connectivity index (χ3v) is 6.45. The number of hydrogen-bond acceptors (Lipinski definition) is 6. The Balaban J connectivity index is 1.58. The number of nitrogens with zero attached hydrogens (tertiary/aromatic N) is 3. The zero-order valence-electron chi connectivity index (χ0n) is 19.2. The van der Waals surface area contributed by atoms with Crippen LogP contribution in [0.3, 0.4) is 0 Å². The van der Waals surface area contributed by atoms with Gasteiger partial charge >= 0.3 is 0 Å². The Morgan fingerprint density at radius 3 is 2.58 bits per heavy atom. The van der Waals surface area contributed by atoms with E-state index in [0.29, 0.717) is 31.0 Å². The van der Waals surface area contributed by atoms with Crippen molar-refractivity contribution in [2.75, 3.05) is 27.3 Å². The lowest BCUT2D eigenvalue weighted by Crippen LogP contribution is -2.51. The standard InChI is InChI=1S/C26H30N4O3/c1-32-23-9-8-19(12-24(23)33-2)16-30-11-5-10-26(17-30,25(27)31)13-20-6-3-4-7-22(20)21-14-28-18-29-15-21/h3-4,6-9,12,14-15,18H,5,10-11,13,16-17H2,1-2H3,(H2,27,31)/t26-/m0/s1. The second-order valence-corrected chi connectivity index (χ2v) is 8.61. The molecule has 0 radical (unpaired) electrons. The highest BCUT2D eigenvalue weighted by atomic mass is 16.5. The number of ether oxygens (including phenoxy) is 2. The molecule has 3 aromatic rings. The summed E-state index contributed by atoms with van der Waals surface area (Å²) in [7, 11) is 3.26. The minimum atomic E-state index is -0.638. The van der Waals surface area contributed by atoms with Crippen molar-refractivity contribution in [1.82, 2.24) is 14.9 Å². The lowest BCUT2D eigenvalue weighted by atomic mass is 9.73. The Kier molecular flexibility index (Phi) is 6.89. The summed E-state index contributed by atoms with van der Waals surface area (Å²) in [5, 5.41) is 0. The maximum atomic E-state index is 12.8. The van der Waals surface area contributed by atoms with E-state index in [9.17, 15) is 4.79 Å². The van der Waals surface area contributed by atoms with Gasteiger partial charge in [-0.2, -0.15) is 0 Å². The molecule has 0 aliphatic carbocycles. The Hall–Kier alpha value is -3.45. The molecule has 1 aliphatic heterocycles. The van der Waals surface area contributed by atoms with E-state index in [0.717, 1.165) is 41.6 Å². The monoisotopic (exact) mass is 446 g/mol. The first-order valence-electron chi connectivity index (χ1n) is 11.1. The molecule has 0 bridgehead atoms. The van der Waals surface area contributed by atoms with Gasteiger partial charge in [0.1, 0.15) is 6.33 Å². The molecule has 1 aliphatic rings.